The molecule has 0 spiro atoms. The van der Waals surface area contributed by atoms with Crippen LogP contribution in [0, 0.1) is 0 Å². The van der Waals surface area contributed by atoms with Crippen LogP contribution in [-0.2, 0) is 6.54 Å². The highest BCUT2D eigenvalue weighted by Crippen LogP contribution is 2.23. The topological polar surface area (TPSA) is 71.7 Å². The summed E-state index contributed by atoms with van der Waals surface area (Å²) in [5, 5.41) is 14.3. The largest absolute Gasteiger partial charge is 0.507 e. The summed E-state index contributed by atoms with van der Waals surface area (Å²) in [6.45, 7) is 6.72. The number of para-hydroxylation sites is 2. The lowest BCUT2D eigenvalue weighted by molar-refractivity contribution is 0.241. The molecule has 0 aliphatic rings. The van der Waals surface area contributed by atoms with Crippen molar-refractivity contribution < 1.29 is 9.84 Å². The van der Waals surface area contributed by atoms with Crippen LogP contribution in [-0.4, -0.2) is 27.0 Å². The average molecular weight is 338 g/mol. The van der Waals surface area contributed by atoms with E-state index in [0.717, 1.165) is 17.6 Å². The summed E-state index contributed by atoms with van der Waals surface area (Å²) in [6.07, 6.45) is 1.62. The first-order chi connectivity index (χ1) is 12.1. The van der Waals surface area contributed by atoms with Gasteiger partial charge >= 0.3 is 0 Å². The van der Waals surface area contributed by atoms with Crippen molar-refractivity contribution in [1.29, 1.82) is 0 Å². The van der Waals surface area contributed by atoms with E-state index in [-0.39, 0.29) is 11.9 Å². The van der Waals surface area contributed by atoms with Crippen molar-refractivity contribution >= 4 is 23.2 Å². The number of ether oxygens (including phenoxy) is 1. The minimum atomic E-state index is 0.0580. The molecule has 0 aliphatic heterocycles. The van der Waals surface area contributed by atoms with Gasteiger partial charge in [0.25, 0.3) is 0 Å². The van der Waals surface area contributed by atoms with Crippen LogP contribution in [0.5, 0.6) is 11.5 Å². The van der Waals surface area contributed by atoms with Gasteiger partial charge in [-0.2, -0.15) is 5.10 Å². The number of aromatic nitrogens is 2. The highest BCUT2D eigenvalue weighted by Gasteiger charge is 2.08. The lowest BCUT2D eigenvalue weighted by Gasteiger charge is -2.10. The molecule has 130 valence electrons. The summed E-state index contributed by atoms with van der Waals surface area (Å²) in [4.78, 5) is 4.54. The number of hydrogen-bond acceptors (Lipinski definition) is 5. The molecule has 0 saturated carbocycles. The van der Waals surface area contributed by atoms with E-state index in [1.54, 1.807) is 18.3 Å². The third-order valence-electron chi connectivity index (χ3n) is 3.71. The third kappa shape index (κ3) is 3.74. The second-order valence-electron chi connectivity index (χ2n) is 5.93. The lowest BCUT2D eigenvalue weighted by Crippen LogP contribution is -2.05. The molecule has 0 aliphatic carbocycles. The van der Waals surface area contributed by atoms with Gasteiger partial charge in [0.1, 0.15) is 11.5 Å². The second-order valence-corrected chi connectivity index (χ2v) is 5.93. The zero-order chi connectivity index (χ0) is 17.8. The first-order valence-electron chi connectivity index (χ1n) is 8.32. The van der Waals surface area contributed by atoms with E-state index in [2.05, 4.69) is 22.4 Å². The van der Waals surface area contributed by atoms with Crippen LogP contribution in [0.4, 0.5) is 5.95 Å². The van der Waals surface area contributed by atoms with Crippen molar-refractivity contribution in [2.75, 3.05) is 5.43 Å². The fraction of sp³-hybridized carbons (Fsp3) is 0.263. The van der Waals surface area contributed by atoms with E-state index >= 15 is 0 Å². The first kappa shape index (κ1) is 16.8. The van der Waals surface area contributed by atoms with Crippen LogP contribution in [0.1, 0.15) is 26.3 Å². The fourth-order valence-corrected chi connectivity index (χ4v) is 2.62. The number of aryl methyl sites for hydroxylation is 1. The number of phenolic OH excluding ortho intramolecular Hbond substituents is 1. The first-order valence-corrected chi connectivity index (χ1v) is 8.32. The van der Waals surface area contributed by atoms with Crippen LogP contribution in [0.2, 0.25) is 0 Å². The molecule has 1 heterocycles. The monoisotopic (exact) mass is 338 g/mol. The standard InChI is InChI=1S/C19H22N4O2/c1-4-23-17-8-6-5-7-16(17)21-19(23)22-20-12-14-9-10-15(11-18(14)24)25-13(2)3/h5-13,24H,4H2,1-3H3,(H,21,22)/b20-12-. The molecule has 1 aromatic heterocycles. The van der Waals surface area contributed by atoms with E-state index in [1.165, 1.54) is 0 Å². The zero-order valence-electron chi connectivity index (χ0n) is 14.6. The minimum Gasteiger partial charge on any atom is -0.507 e. The minimum absolute atomic E-state index is 0.0580. The summed E-state index contributed by atoms with van der Waals surface area (Å²) >= 11 is 0. The number of imidazole rings is 1. The number of aromatic hydroxyl groups is 1. The Morgan fingerprint density at radius 1 is 1.28 bits per heavy atom. The molecule has 0 atom stereocenters. The summed E-state index contributed by atoms with van der Waals surface area (Å²) in [5.41, 5.74) is 5.53. The Kier molecular flexibility index (Phi) is 4.88. The van der Waals surface area contributed by atoms with Crippen LogP contribution in [0.15, 0.2) is 47.6 Å². The Morgan fingerprint density at radius 3 is 2.80 bits per heavy atom. The Balaban J connectivity index is 1.77. The summed E-state index contributed by atoms with van der Waals surface area (Å²) in [7, 11) is 0. The van der Waals surface area contributed by atoms with Crippen LogP contribution in [0.3, 0.4) is 0 Å². The molecule has 6 nitrogen and oxygen atoms in total. The van der Waals surface area contributed by atoms with Crippen LogP contribution < -0.4 is 10.2 Å². The van der Waals surface area contributed by atoms with Crippen molar-refractivity contribution in [3.05, 3.63) is 48.0 Å². The zero-order valence-corrected chi connectivity index (χ0v) is 14.6. The van der Waals surface area contributed by atoms with Crippen molar-refractivity contribution in [3.63, 3.8) is 0 Å². The molecule has 0 bridgehead atoms. The quantitative estimate of drug-likeness (QED) is 0.526. The van der Waals surface area contributed by atoms with Gasteiger partial charge in [0.2, 0.25) is 5.95 Å². The highest BCUT2D eigenvalue weighted by atomic mass is 16.5. The fourth-order valence-electron chi connectivity index (χ4n) is 2.62. The molecule has 0 fully saturated rings. The van der Waals surface area contributed by atoms with E-state index in [0.29, 0.717) is 17.3 Å². The molecule has 3 rings (SSSR count). The molecule has 0 amide bonds. The Labute approximate surface area is 146 Å². The van der Waals surface area contributed by atoms with E-state index in [1.807, 2.05) is 48.7 Å². The van der Waals surface area contributed by atoms with Gasteiger partial charge in [-0.25, -0.2) is 10.4 Å². The average Bonchev–Trinajstić information content (AvgIpc) is 2.93. The molecule has 0 unspecified atom stereocenters. The number of nitrogens with zero attached hydrogens (tertiary/aromatic N) is 3. The number of benzene rings is 2. The summed E-state index contributed by atoms with van der Waals surface area (Å²) < 4.78 is 7.60. The van der Waals surface area contributed by atoms with Gasteiger partial charge in [-0.3, -0.25) is 0 Å². The molecule has 0 saturated heterocycles. The maximum atomic E-state index is 10.1. The van der Waals surface area contributed by atoms with Crippen LogP contribution >= 0.6 is 0 Å². The number of fused-ring (bicyclic) bond motifs is 1. The second kappa shape index (κ2) is 7.25. The predicted octanol–water partition coefficient (Wildman–Crippen LogP) is 4.00. The highest BCUT2D eigenvalue weighted by molar-refractivity contribution is 5.84. The van der Waals surface area contributed by atoms with Crippen molar-refractivity contribution in [2.45, 2.75) is 33.4 Å². The number of phenols is 1. The van der Waals surface area contributed by atoms with Crippen molar-refractivity contribution in [2.24, 2.45) is 5.10 Å². The van der Waals surface area contributed by atoms with Gasteiger partial charge in [0.15, 0.2) is 0 Å². The van der Waals surface area contributed by atoms with Crippen molar-refractivity contribution in [1.82, 2.24) is 9.55 Å². The molecule has 2 N–H and O–H groups in total. The molecule has 2 aromatic carbocycles. The normalized spacial score (nSPS) is 11.5. The lowest BCUT2D eigenvalue weighted by atomic mass is 10.2. The van der Waals surface area contributed by atoms with Gasteiger partial charge in [0.05, 0.1) is 23.4 Å². The number of anilines is 1. The number of hydrogen-bond donors (Lipinski definition) is 2. The van der Waals surface area contributed by atoms with Gasteiger partial charge in [0, 0.05) is 18.2 Å². The Bertz CT molecular complexity index is 900. The number of nitrogens with one attached hydrogen (secondary N) is 1. The third-order valence-corrected chi connectivity index (χ3v) is 3.71. The predicted molar refractivity (Wildman–Crippen MR) is 100 cm³/mol. The Hall–Kier alpha value is -3.02. The maximum absolute atomic E-state index is 10.1. The van der Waals surface area contributed by atoms with Crippen molar-refractivity contribution in [3.8, 4) is 11.5 Å². The van der Waals surface area contributed by atoms with Gasteiger partial charge in [-0.15, -0.1) is 0 Å². The van der Waals surface area contributed by atoms with E-state index in [9.17, 15) is 5.11 Å². The number of rotatable bonds is 6. The smallest absolute Gasteiger partial charge is 0.224 e. The maximum Gasteiger partial charge on any atom is 0.224 e. The van der Waals surface area contributed by atoms with Gasteiger partial charge in [-0.1, -0.05) is 12.1 Å². The molecule has 0 radical (unpaired) electrons. The molecule has 3 aromatic rings. The molecular formula is C19H22N4O2. The van der Waals surface area contributed by atoms with Gasteiger partial charge < -0.3 is 14.4 Å². The van der Waals surface area contributed by atoms with Crippen LogP contribution in [0.25, 0.3) is 11.0 Å². The molecule has 25 heavy (non-hydrogen) atoms. The van der Waals surface area contributed by atoms with E-state index in [4.69, 9.17) is 4.74 Å². The summed E-state index contributed by atoms with van der Waals surface area (Å²) in [5.74, 6) is 1.41. The summed E-state index contributed by atoms with van der Waals surface area (Å²) in [6, 6.07) is 13.1. The SMILES string of the molecule is CCn1c(N/N=C\c2ccc(OC(C)C)cc2O)nc2ccccc21. The number of hydrazone groups is 1. The van der Waals surface area contributed by atoms with Gasteiger partial charge in [-0.05, 0) is 45.0 Å². The van der Waals surface area contributed by atoms with E-state index < -0.39 is 0 Å². The molecular weight excluding hydrogens is 316 g/mol. The Morgan fingerprint density at radius 2 is 2.08 bits per heavy atom. The molecule has 6 heteroatoms.